The number of aliphatic imine (C=N–C) groups is 1. The summed E-state index contributed by atoms with van der Waals surface area (Å²) in [6, 6.07) is 6.05. The third-order valence-electron chi connectivity index (χ3n) is 4.79. The number of guanidine groups is 1. The van der Waals surface area contributed by atoms with E-state index in [1.165, 1.54) is 5.56 Å². The zero-order valence-electron chi connectivity index (χ0n) is 18.1. The molecule has 1 N–H and O–H groups in total. The molecule has 0 amide bonds. The molecule has 8 heteroatoms. The number of ether oxygens (including phenoxy) is 2. The molecule has 29 heavy (non-hydrogen) atoms. The van der Waals surface area contributed by atoms with Gasteiger partial charge in [0.15, 0.2) is 17.5 Å². The van der Waals surface area contributed by atoms with Gasteiger partial charge in [-0.2, -0.15) is 0 Å². The van der Waals surface area contributed by atoms with Crippen LogP contribution in [-0.2, 0) is 13.0 Å². The second-order valence-electron chi connectivity index (χ2n) is 6.71. The van der Waals surface area contributed by atoms with Crippen molar-refractivity contribution in [1.82, 2.24) is 19.8 Å². The van der Waals surface area contributed by atoms with Crippen LogP contribution in [0, 0.1) is 6.92 Å². The summed E-state index contributed by atoms with van der Waals surface area (Å²) in [6.45, 7) is 4.80. The Balaban J connectivity index is 0.00000420. The topological polar surface area (TPSA) is 63.9 Å². The van der Waals surface area contributed by atoms with Crippen LogP contribution in [-0.4, -0.2) is 61.8 Å². The molecule has 1 heterocycles. The lowest BCUT2D eigenvalue weighted by Gasteiger charge is -2.22. The van der Waals surface area contributed by atoms with Crippen LogP contribution in [0.4, 0.5) is 0 Å². The average molecular weight is 515 g/mol. The molecule has 0 radical (unpaired) electrons. The number of methoxy groups -OCH3 is 2. The first-order valence-electron chi connectivity index (χ1n) is 9.69. The van der Waals surface area contributed by atoms with Crippen LogP contribution < -0.4 is 14.8 Å². The lowest BCUT2D eigenvalue weighted by atomic mass is 10.1. The minimum Gasteiger partial charge on any atom is -0.493 e. The molecular formula is C21H34IN5O2. The number of likely N-dealkylation sites (N-methyl/N-ethyl adjacent to an activating group) is 1. The summed E-state index contributed by atoms with van der Waals surface area (Å²) in [4.78, 5) is 10.8. The van der Waals surface area contributed by atoms with Crippen molar-refractivity contribution in [3.63, 3.8) is 0 Å². The van der Waals surface area contributed by atoms with Gasteiger partial charge in [-0.25, -0.2) is 4.98 Å². The number of aromatic nitrogens is 2. The van der Waals surface area contributed by atoms with Gasteiger partial charge in [0.2, 0.25) is 0 Å². The van der Waals surface area contributed by atoms with E-state index in [1.54, 1.807) is 14.2 Å². The quantitative estimate of drug-likeness (QED) is 0.228. The highest BCUT2D eigenvalue weighted by atomic mass is 127. The molecule has 0 aliphatic carbocycles. The van der Waals surface area contributed by atoms with Crippen molar-refractivity contribution >= 4 is 29.9 Å². The van der Waals surface area contributed by atoms with Crippen molar-refractivity contribution in [1.29, 1.82) is 0 Å². The number of imidazole rings is 1. The summed E-state index contributed by atoms with van der Waals surface area (Å²) in [5, 5.41) is 3.45. The van der Waals surface area contributed by atoms with Gasteiger partial charge in [-0.3, -0.25) is 4.99 Å². The smallest absolute Gasteiger partial charge is 0.193 e. The van der Waals surface area contributed by atoms with Gasteiger partial charge in [-0.15, -0.1) is 24.0 Å². The van der Waals surface area contributed by atoms with E-state index < -0.39 is 0 Å². The highest BCUT2D eigenvalue weighted by Gasteiger charge is 2.08. The van der Waals surface area contributed by atoms with Gasteiger partial charge in [0.25, 0.3) is 0 Å². The van der Waals surface area contributed by atoms with Crippen LogP contribution in [0.25, 0.3) is 0 Å². The summed E-state index contributed by atoms with van der Waals surface area (Å²) < 4.78 is 12.9. The molecule has 1 aromatic heterocycles. The predicted molar refractivity (Wildman–Crippen MR) is 129 cm³/mol. The molecule has 0 spiro atoms. The average Bonchev–Trinajstić information content (AvgIpc) is 3.13. The summed E-state index contributed by atoms with van der Waals surface area (Å²) >= 11 is 0. The molecular weight excluding hydrogens is 481 g/mol. The Morgan fingerprint density at radius 3 is 2.59 bits per heavy atom. The molecule has 0 saturated heterocycles. The Bertz CT molecular complexity index is 763. The molecule has 0 aliphatic heterocycles. The Morgan fingerprint density at radius 2 is 1.97 bits per heavy atom. The van der Waals surface area contributed by atoms with Crippen LogP contribution in [0.3, 0.4) is 0 Å². The largest absolute Gasteiger partial charge is 0.493 e. The van der Waals surface area contributed by atoms with Crippen molar-refractivity contribution in [3.05, 3.63) is 42.0 Å². The molecule has 162 valence electrons. The first-order chi connectivity index (χ1) is 13.6. The molecule has 2 aromatic rings. The second kappa shape index (κ2) is 13.3. The molecule has 2 rings (SSSR count). The SMILES string of the molecule is CN=C(NCCCCn1ccnc1C)N(C)CCc1ccc(OC)c(OC)c1.I. The lowest BCUT2D eigenvalue weighted by Crippen LogP contribution is -2.40. The monoisotopic (exact) mass is 515 g/mol. The first-order valence-corrected chi connectivity index (χ1v) is 9.69. The number of rotatable bonds is 10. The van der Waals surface area contributed by atoms with E-state index in [4.69, 9.17) is 9.47 Å². The summed E-state index contributed by atoms with van der Waals surface area (Å²) in [7, 11) is 7.19. The van der Waals surface area contributed by atoms with Crippen LogP contribution in [0.5, 0.6) is 11.5 Å². The fraction of sp³-hybridized carbons (Fsp3) is 0.524. The van der Waals surface area contributed by atoms with Crippen molar-refractivity contribution in [2.45, 2.75) is 32.7 Å². The van der Waals surface area contributed by atoms with E-state index in [0.29, 0.717) is 0 Å². The molecule has 0 saturated carbocycles. The molecule has 0 bridgehead atoms. The Labute approximate surface area is 191 Å². The number of halogens is 1. The number of nitrogens with zero attached hydrogens (tertiary/aromatic N) is 4. The van der Waals surface area contributed by atoms with Crippen LogP contribution in [0.15, 0.2) is 35.6 Å². The molecule has 0 aliphatic rings. The summed E-state index contributed by atoms with van der Waals surface area (Å²) in [5.74, 6) is 3.50. The van der Waals surface area contributed by atoms with E-state index >= 15 is 0 Å². The first kappa shape index (κ1) is 25.1. The van der Waals surface area contributed by atoms with E-state index in [2.05, 4.69) is 37.9 Å². The Kier molecular flexibility index (Phi) is 11.5. The Hall–Kier alpha value is -1.97. The van der Waals surface area contributed by atoms with E-state index in [-0.39, 0.29) is 24.0 Å². The molecule has 0 atom stereocenters. The highest BCUT2D eigenvalue weighted by molar-refractivity contribution is 14.0. The maximum atomic E-state index is 5.38. The van der Waals surface area contributed by atoms with Crippen LogP contribution in [0.1, 0.15) is 24.2 Å². The molecule has 1 aromatic carbocycles. The number of aryl methyl sites for hydroxylation is 2. The van der Waals surface area contributed by atoms with Crippen molar-refractivity contribution < 1.29 is 9.47 Å². The van der Waals surface area contributed by atoms with E-state index in [0.717, 1.165) is 62.2 Å². The lowest BCUT2D eigenvalue weighted by molar-refractivity contribution is 0.354. The van der Waals surface area contributed by atoms with E-state index in [1.807, 2.05) is 38.5 Å². The number of benzene rings is 1. The van der Waals surface area contributed by atoms with Gasteiger partial charge in [0.05, 0.1) is 14.2 Å². The third-order valence-corrected chi connectivity index (χ3v) is 4.79. The standard InChI is InChI=1S/C21H33N5O2.HI/c1-17-23-12-15-26(17)13-7-6-11-24-21(22-2)25(3)14-10-18-8-9-19(27-4)20(16-18)28-5;/h8-9,12,15-16H,6-7,10-11,13-14H2,1-5H3,(H,22,24);1H. The number of unbranched alkanes of at least 4 members (excludes halogenated alkanes) is 1. The zero-order chi connectivity index (χ0) is 20.4. The number of hydrogen-bond donors (Lipinski definition) is 1. The molecule has 7 nitrogen and oxygen atoms in total. The maximum absolute atomic E-state index is 5.38. The van der Waals surface area contributed by atoms with E-state index in [9.17, 15) is 0 Å². The summed E-state index contributed by atoms with van der Waals surface area (Å²) in [6.07, 6.45) is 6.97. The fourth-order valence-corrected chi connectivity index (χ4v) is 3.07. The van der Waals surface area contributed by atoms with Gasteiger partial charge < -0.3 is 24.3 Å². The second-order valence-corrected chi connectivity index (χ2v) is 6.71. The van der Waals surface area contributed by atoms with Crippen LogP contribution >= 0.6 is 24.0 Å². The zero-order valence-corrected chi connectivity index (χ0v) is 20.5. The van der Waals surface area contributed by atoms with Crippen LogP contribution in [0.2, 0.25) is 0 Å². The Morgan fingerprint density at radius 1 is 1.21 bits per heavy atom. The van der Waals surface area contributed by atoms with Gasteiger partial charge in [0.1, 0.15) is 5.82 Å². The van der Waals surface area contributed by atoms with Gasteiger partial charge in [-0.05, 0) is 43.9 Å². The number of nitrogens with one attached hydrogen (secondary N) is 1. The van der Waals surface area contributed by atoms with Gasteiger partial charge >= 0.3 is 0 Å². The molecule has 0 fully saturated rings. The minimum atomic E-state index is 0. The van der Waals surface area contributed by atoms with Crippen molar-refractivity contribution in [2.75, 3.05) is 41.4 Å². The highest BCUT2D eigenvalue weighted by Crippen LogP contribution is 2.27. The van der Waals surface area contributed by atoms with Crippen molar-refractivity contribution in [2.24, 2.45) is 4.99 Å². The predicted octanol–water partition coefficient (Wildman–Crippen LogP) is 3.36. The van der Waals surface area contributed by atoms with Crippen molar-refractivity contribution in [3.8, 4) is 11.5 Å². The maximum Gasteiger partial charge on any atom is 0.193 e. The number of hydrogen-bond acceptors (Lipinski definition) is 4. The molecule has 0 unspecified atom stereocenters. The summed E-state index contributed by atoms with van der Waals surface area (Å²) in [5.41, 5.74) is 1.20. The minimum absolute atomic E-state index is 0. The fourth-order valence-electron chi connectivity index (χ4n) is 3.07. The normalized spacial score (nSPS) is 11.0. The van der Waals surface area contributed by atoms with Gasteiger partial charge in [0, 0.05) is 46.1 Å². The third kappa shape index (κ3) is 7.75. The van der Waals surface area contributed by atoms with Gasteiger partial charge in [-0.1, -0.05) is 6.07 Å².